The number of likely N-dealkylation sites (tertiary alicyclic amines) is 1. The third-order valence-corrected chi connectivity index (χ3v) is 5.28. The number of imide groups is 1. The molecule has 3 rings (SSSR count). The fourth-order valence-corrected chi connectivity index (χ4v) is 3.68. The molecule has 6 heteroatoms. The number of carbonyl (C=O) groups excluding carboxylic acids is 4. The Labute approximate surface area is 170 Å². The molecule has 0 spiro atoms. The molecule has 1 aliphatic carbocycles. The van der Waals surface area contributed by atoms with Crippen LogP contribution >= 0.6 is 0 Å². The molecule has 0 radical (unpaired) electrons. The highest BCUT2D eigenvalue weighted by molar-refractivity contribution is 6.27. The van der Waals surface area contributed by atoms with Gasteiger partial charge < -0.3 is 4.74 Å². The number of carbonyl (C=O) groups is 4. The molecule has 1 saturated heterocycles. The van der Waals surface area contributed by atoms with Gasteiger partial charge in [0.1, 0.15) is 0 Å². The predicted octanol–water partition coefficient (Wildman–Crippen LogP) is 3.62. The van der Waals surface area contributed by atoms with E-state index in [2.05, 4.69) is 0 Å². The van der Waals surface area contributed by atoms with Crippen molar-refractivity contribution < 1.29 is 23.9 Å². The lowest BCUT2D eigenvalue weighted by atomic mass is 9.86. The second-order valence-corrected chi connectivity index (χ2v) is 7.23. The number of hydrogen-bond donors (Lipinski definition) is 0. The van der Waals surface area contributed by atoms with Crippen molar-refractivity contribution in [2.45, 2.75) is 45.4 Å². The van der Waals surface area contributed by atoms with Gasteiger partial charge in [0.2, 0.25) is 11.7 Å². The van der Waals surface area contributed by atoms with E-state index in [0.29, 0.717) is 36.1 Å². The molecule has 1 fully saturated rings. The van der Waals surface area contributed by atoms with E-state index in [0.717, 1.165) is 25.7 Å². The van der Waals surface area contributed by atoms with Gasteiger partial charge in [-0.15, -0.1) is 0 Å². The minimum absolute atomic E-state index is 0.0690. The molecule has 1 aromatic rings. The Kier molecular flexibility index (Phi) is 6.42. The quantitative estimate of drug-likeness (QED) is 0.687. The minimum atomic E-state index is -0.384. The number of allylic oxidation sites excluding steroid dienone is 3. The van der Waals surface area contributed by atoms with Crippen LogP contribution in [-0.2, 0) is 14.3 Å². The van der Waals surface area contributed by atoms with E-state index in [1.807, 2.05) is 6.92 Å². The first kappa shape index (κ1) is 20.7. The maximum absolute atomic E-state index is 13.1. The van der Waals surface area contributed by atoms with Crippen molar-refractivity contribution in [2.75, 3.05) is 13.7 Å². The molecule has 0 N–H and O–H groups in total. The number of hydrogen-bond acceptors (Lipinski definition) is 5. The molecule has 0 saturated carbocycles. The van der Waals surface area contributed by atoms with Crippen molar-refractivity contribution in [2.24, 2.45) is 0 Å². The molecule has 0 bridgehead atoms. The summed E-state index contributed by atoms with van der Waals surface area (Å²) in [6.07, 6.45) is 5.36. The lowest BCUT2D eigenvalue weighted by Crippen LogP contribution is -2.41. The number of unbranched alkanes of at least 4 members (excludes halogenated alkanes) is 1. The molecule has 0 unspecified atom stereocenters. The molecule has 6 nitrogen and oxygen atoms in total. The largest absolute Gasteiger partial charge is 0.492 e. The van der Waals surface area contributed by atoms with E-state index in [1.165, 1.54) is 18.1 Å². The van der Waals surface area contributed by atoms with Crippen LogP contribution in [0, 0.1) is 0 Å². The molecule has 29 heavy (non-hydrogen) atoms. The van der Waals surface area contributed by atoms with Crippen LogP contribution in [0.4, 0.5) is 0 Å². The van der Waals surface area contributed by atoms with E-state index >= 15 is 0 Å². The van der Waals surface area contributed by atoms with Gasteiger partial charge in [0.25, 0.3) is 5.91 Å². The number of Topliss-reactive ketones (excluding diaryl/α,β-unsaturated/α-hetero) is 2. The summed E-state index contributed by atoms with van der Waals surface area (Å²) in [7, 11) is 1.34. The summed E-state index contributed by atoms with van der Waals surface area (Å²) in [6, 6.07) is 6.57. The number of nitrogens with zero attached hydrogens (tertiary/aromatic N) is 1. The molecule has 1 aliphatic heterocycles. The highest BCUT2D eigenvalue weighted by Gasteiger charge is 2.33. The Hall–Kier alpha value is -3.02. The number of rotatable bonds is 6. The Balaban J connectivity index is 2.05. The van der Waals surface area contributed by atoms with Gasteiger partial charge in [0.15, 0.2) is 11.5 Å². The summed E-state index contributed by atoms with van der Waals surface area (Å²) in [5, 5.41) is 0. The van der Waals surface area contributed by atoms with Crippen LogP contribution in [0.15, 0.2) is 47.2 Å². The SMILES string of the molecule is CCCCC(=CC1=C(OC)C(=O)c2ccccc2C1=O)C(=O)N1CCCCC1=O. The van der Waals surface area contributed by atoms with E-state index in [-0.39, 0.29) is 34.7 Å². The van der Waals surface area contributed by atoms with Gasteiger partial charge in [-0.25, -0.2) is 0 Å². The molecule has 1 aromatic carbocycles. The summed E-state index contributed by atoms with van der Waals surface area (Å²) in [6.45, 7) is 2.38. The Bertz CT molecular complexity index is 925. The molecule has 1 heterocycles. The number of methoxy groups -OCH3 is 1. The lowest BCUT2D eigenvalue weighted by molar-refractivity contribution is -0.144. The number of ketones is 2. The van der Waals surface area contributed by atoms with Crippen LogP contribution in [0.1, 0.15) is 66.2 Å². The number of fused-ring (bicyclic) bond motifs is 1. The van der Waals surface area contributed by atoms with Crippen LogP contribution in [-0.4, -0.2) is 41.9 Å². The van der Waals surface area contributed by atoms with Gasteiger partial charge in [-0.2, -0.15) is 0 Å². The smallest absolute Gasteiger partial charge is 0.256 e. The van der Waals surface area contributed by atoms with Gasteiger partial charge >= 0.3 is 0 Å². The average molecular weight is 395 g/mol. The highest BCUT2D eigenvalue weighted by Crippen LogP contribution is 2.29. The Morgan fingerprint density at radius 2 is 1.79 bits per heavy atom. The van der Waals surface area contributed by atoms with E-state index in [9.17, 15) is 19.2 Å². The molecule has 2 amide bonds. The molecule has 2 aliphatic rings. The third kappa shape index (κ3) is 4.06. The maximum Gasteiger partial charge on any atom is 0.256 e. The average Bonchev–Trinajstić information content (AvgIpc) is 2.74. The van der Waals surface area contributed by atoms with Crippen molar-refractivity contribution >= 4 is 23.4 Å². The van der Waals surface area contributed by atoms with Crippen LogP contribution in [0.3, 0.4) is 0 Å². The fraction of sp³-hybridized carbons (Fsp3) is 0.391. The van der Waals surface area contributed by atoms with Gasteiger partial charge in [-0.3, -0.25) is 24.1 Å². The summed E-state index contributed by atoms with van der Waals surface area (Å²) >= 11 is 0. The van der Waals surface area contributed by atoms with Crippen molar-refractivity contribution in [3.05, 3.63) is 58.4 Å². The molecule has 0 aromatic heterocycles. The number of ether oxygens (including phenoxy) is 1. The zero-order valence-corrected chi connectivity index (χ0v) is 16.8. The molecule has 0 atom stereocenters. The topological polar surface area (TPSA) is 80.8 Å². The summed E-state index contributed by atoms with van der Waals surface area (Å²) < 4.78 is 5.27. The second-order valence-electron chi connectivity index (χ2n) is 7.23. The second kappa shape index (κ2) is 8.99. The fourth-order valence-electron chi connectivity index (χ4n) is 3.68. The number of benzene rings is 1. The van der Waals surface area contributed by atoms with E-state index in [1.54, 1.807) is 24.3 Å². The van der Waals surface area contributed by atoms with E-state index < -0.39 is 0 Å². The Morgan fingerprint density at radius 3 is 2.41 bits per heavy atom. The van der Waals surface area contributed by atoms with Crippen molar-refractivity contribution in [1.29, 1.82) is 0 Å². The lowest BCUT2D eigenvalue weighted by Gasteiger charge is -2.26. The first-order chi connectivity index (χ1) is 14.0. The summed E-state index contributed by atoms with van der Waals surface area (Å²) in [5.41, 5.74) is 1.01. The van der Waals surface area contributed by atoms with Crippen LogP contribution in [0.5, 0.6) is 0 Å². The first-order valence-corrected chi connectivity index (χ1v) is 10.0. The minimum Gasteiger partial charge on any atom is -0.492 e. The van der Waals surface area contributed by atoms with Crippen LogP contribution in [0.2, 0.25) is 0 Å². The van der Waals surface area contributed by atoms with Crippen LogP contribution < -0.4 is 0 Å². The molecular weight excluding hydrogens is 370 g/mol. The van der Waals surface area contributed by atoms with Crippen molar-refractivity contribution in [1.82, 2.24) is 4.90 Å². The maximum atomic E-state index is 13.1. The zero-order chi connectivity index (χ0) is 21.0. The molecule has 152 valence electrons. The first-order valence-electron chi connectivity index (χ1n) is 10.0. The van der Waals surface area contributed by atoms with Gasteiger partial charge in [0, 0.05) is 29.7 Å². The van der Waals surface area contributed by atoms with Crippen molar-refractivity contribution in [3.63, 3.8) is 0 Å². The Morgan fingerprint density at radius 1 is 1.10 bits per heavy atom. The highest BCUT2D eigenvalue weighted by atomic mass is 16.5. The van der Waals surface area contributed by atoms with Gasteiger partial charge in [-0.05, 0) is 31.8 Å². The van der Waals surface area contributed by atoms with Gasteiger partial charge in [-0.1, -0.05) is 37.6 Å². The van der Waals surface area contributed by atoms with Crippen molar-refractivity contribution in [3.8, 4) is 0 Å². The summed E-state index contributed by atoms with van der Waals surface area (Å²) in [5.74, 6) is -1.39. The zero-order valence-electron chi connectivity index (χ0n) is 16.8. The number of amides is 2. The van der Waals surface area contributed by atoms with Crippen LogP contribution in [0.25, 0.3) is 0 Å². The van der Waals surface area contributed by atoms with Gasteiger partial charge in [0.05, 0.1) is 12.7 Å². The summed E-state index contributed by atoms with van der Waals surface area (Å²) in [4.78, 5) is 52.5. The molecular formula is C23H25NO5. The normalized spacial score (nSPS) is 17.5. The monoisotopic (exact) mass is 395 g/mol. The third-order valence-electron chi connectivity index (χ3n) is 5.28. The predicted molar refractivity (Wildman–Crippen MR) is 107 cm³/mol. The number of piperidine rings is 1. The standard InChI is InChI=1S/C23H25NO5/c1-3-4-9-15(23(28)24-13-8-7-12-19(24)25)14-18-20(26)16-10-5-6-11-17(16)21(27)22(18)29-2/h5-6,10-11,14H,3-4,7-9,12-13H2,1-2H3. The van der Waals surface area contributed by atoms with E-state index in [4.69, 9.17) is 4.74 Å².